The third kappa shape index (κ3) is 82.6. The van der Waals surface area contributed by atoms with E-state index in [9.17, 15) is 19.5 Å². The highest BCUT2D eigenvalue weighted by molar-refractivity contribution is 5.71. The number of carboxylic acids is 1. The molecule has 0 aliphatic carbocycles. The number of ether oxygens (including phenoxy) is 4. The van der Waals surface area contributed by atoms with Crippen LogP contribution >= 0.6 is 0 Å². The molecule has 0 aliphatic rings. The van der Waals surface area contributed by atoms with Crippen LogP contribution in [-0.4, -0.2) is 87.4 Å². The monoisotopic (exact) mass is 1410 g/mol. The lowest BCUT2D eigenvalue weighted by atomic mass is 10.0. The molecule has 2 atom stereocenters. The van der Waals surface area contributed by atoms with Crippen LogP contribution in [0.15, 0.2) is 134 Å². The molecule has 2 unspecified atom stereocenters. The molecular weight excluding hydrogens is 1250 g/mol. The quantitative estimate of drug-likeness (QED) is 0.0211. The predicted molar refractivity (Wildman–Crippen MR) is 438 cm³/mol. The molecule has 0 amide bonds. The Morgan fingerprint density at radius 1 is 0.307 bits per heavy atom. The van der Waals surface area contributed by atoms with E-state index >= 15 is 0 Å². The van der Waals surface area contributed by atoms with Gasteiger partial charge in [0.15, 0.2) is 6.10 Å². The van der Waals surface area contributed by atoms with Crippen molar-refractivity contribution in [3.8, 4) is 0 Å². The largest absolute Gasteiger partial charge is 0.477 e. The Morgan fingerprint density at radius 2 is 0.564 bits per heavy atom. The van der Waals surface area contributed by atoms with Crippen molar-refractivity contribution in [1.29, 1.82) is 0 Å². The van der Waals surface area contributed by atoms with E-state index in [1.807, 2.05) is 21.1 Å². The highest BCUT2D eigenvalue weighted by Gasteiger charge is 2.25. The summed E-state index contributed by atoms with van der Waals surface area (Å²) >= 11 is 0. The van der Waals surface area contributed by atoms with Crippen molar-refractivity contribution in [1.82, 2.24) is 0 Å². The Balaban J connectivity index is 4.05. The standard InChI is InChI=1S/C92H159NO8/c1-6-8-10-12-14-16-18-20-22-24-26-28-30-32-34-36-38-40-42-44-45-47-49-51-53-55-57-59-61-63-65-67-69-71-73-75-77-79-81-83-90(95)101-88(87-100-92(91(96)97)98-85-84-93(3,4)5)86-99-89(94)82-80-78-76-74-72-70-68-66-64-62-60-58-56-54-52-50-48-46-43-41-39-37-35-33-31-29-27-25-23-21-19-17-15-13-11-9-7-2/h8,10,14,16,20,22,25-28,32,34,38,40,44-45,49,51,55,57,61,63,88,92H,6-7,9,11-13,15,17-19,21,23-24,29-31,33,35-37,39,41-43,46-48,50,52-54,56,58-60,62,64-87H2,1-5H3/p+1/b10-8-,16-14-,22-20-,27-25-,28-26-,34-32-,40-38-,45-44-,51-49-,57-55-,63-61-. The van der Waals surface area contributed by atoms with Crippen LogP contribution in [0.4, 0.5) is 0 Å². The summed E-state index contributed by atoms with van der Waals surface area (Å²) in [5.74, 6) is -2.01. The second-order valence-corrected chi connectivity index (χ2v) is 29.4. The molecule has 101 heavy (non-hydrogen) atoms. The number of allylic oxidation sites excluding steroid dienone is 22. The number of likely N-dealkylation sites (N-methyl/N-ethyl adjacent to an activating group) is 1. The lowest BCUT2D eigenvalue weighted by Gasteiger charge is -2.25. The molecule has 0 aromatic rings. The first-order chi connectivity index (χ1) is 49.6. The number of aliphatic carboxylic acids is 1. The highest BCUT2D eigenvalue weighted by atomic mass is 16.7. The first-order valence-electron chi connectivity index (χ1n) is 42.3. The average molecular weight is 1410 g/mol. The second-order valence-electron chi connectivity index (χ2n) is 29.4. The summed E-state index contributed by atoms with van der Waals surface area (Å²) in [6.07, 6.45) is 115. The molecule has 9 nitrogen and oxygen atoms in total. The minimum Gasteiger partial charge on any atom is -0.477 e. The van der Waals surface area contributed by atoms with Gasteiger partial charge in [0.2, 0.25) is 0 Å². The van der Waals surface area contributed by atoms with Crippen LogP contribution in [0, 0.1) is 0 Å². The van der Waals surface area contributed by atoms with Crippen LogP contribution in [0.3, 0.4) is 0 Å². The van der Waals surface area contributed by atoms with E-state index in [1.165, 1.54) is 231 Å². The number of quaternary nitrogens is 1. The van der Waals surface area contributed by atoms with Gasteiger partial charge in [0.25, 0.3) is 6.29 Å². The minimum atomic E-state index is -1.52. The fraction of sp³-hybridized carbons (Fsp3) is 0.728. The van der Waals surface area contributed by atoms with Gasteiger partial charge in [-0.1, -0.05) is 379 Å². The van der Waals surface area contributed by atoms with Crippen LogP contribution in [0.2, 0.25) is 0 Å². The van der Waals surface area contributed by atoms with Crippen molar-refractivity contribution >= 4 is 17.9 Å². The van der Waals surface area contributed by atoms with Gasteiger partial charge in [0, 0.05) is 12.8 Å². The van der Waals surface area contributed by atoms with E-state index in [0.717, 1.165) is 109 Å². The lowest BCUT2D eigenvalue weighted by molar-refractivity contribution is -0.870. The number of hydrogen-bond acceptors (Lipinski definition) is 7. The zero-order chi connectivity index (χ0) is 73.2. The van der Waals surface area contributed by atoms with Crippen LogP contribution < -0.4 is 0 Å². The van der Waals surface area contributed by atoms with Gasteiger partial charge in [-0.2, -0.15) is 0 Å². The summed E-state index contributed by atoms with van der Waals surface area (Å²) in [5.41, 5.74) is 0. The summed E-state index contributed by atoms with van der Waals surface area (Å²) in [4.78, 5) is 37.8. The molecule has 0 spiro atoms. The van der Waals surface area contributed by atoms with Crippen molar-refractivity contribution in [3.05, 3.63) is 134 Å². The number of nitrogens with zero attached hydrogens (tertiary/aromatic N) is 1. The molecule has 0 rings (SSSR count). The molecule has 9 heteroatoms. The first-order valence-corrected chi connectivity index (χ1v) is 42.3. The van der Waals surface area contributed by atoms with Gasteiger partial charge >= 0.3 is 17.9 Å². The van der Waals surface area contributed by atoms with Crippen molar-refractivity contribution < 1.29 is 42.9 Å². The Morgan fingerprint density at radius 3 is 0.851 bits per heavy atom. The molecule has 0 aromatic carbocycles. The number of hydrogen-bond donors (Lipinski definition) is 1. The van der Waals surface area contributed by atoms with Crippen LogP contribution in [0.25, 0.3) is 0 Å². The molecule has 0 saturated carbocycles. The van der Waals surface area contributed by atoms with Gasteiger partial charge in [0.05, 0.1) is 34.4 Å². The summed E-state index contributed by atoms with van der Waals surface area (Å²) in [5, 5.41) is 9.78. The fourth-order valence-electron chi connectivity index (χ4n) is 12.0. The van der Waals surface area contributed by atoms with E-state index in [0.29, 0.717) is 23.9 Å². The SMILES string of the molecule is CC/C=C\C/C=C\C/C=C\C/C=C\C/C=C\C/C=C\C/C=C\C/C=C\C/C=C\C/C=C\CCCCCCCCCCC(=O)OC(COC(=O)CCCCCCCCCCCCCCCCCCCCCCCCCCC/C=C\CCCCCCCCCC)COC(OCC[N+](C)(C)C)C(=O)O. The topological polar surface area (TPSA) is 108 Å². The van der Waals surface area contributed by atoms with Crippen molar-refractivity contribution in [2.75, 3.05) is 47.5 Å². The maximum absolute atomic E-state index is 13.0. The number of carbonyl (C=O) groups excluding carboxylic acids is 2. The number of esters is 2. The number of carboxylic acid groups (broad SMARTS) is 1. The zero-order valence-electron chi connectivity index (χ0n) is 66.5. The van der Waals surface area contributed by atoms with Crippen molar-refractivity contribution in [2.24, 2.45) is 0 Å². The number of unbranched alkanes of at least 4 members (excludes halogenated alkanes) is 41. The molecule has 0 heterocycles. The zero-order valence-corrected chi connectivity index (χ0v) is 66.5. The third-order valence-corrected chi connectivity index (χ3v) is 18.4. The van der Waals surface area contributed by atoms with Crippen molar-refractivity contribution in [2.45, 2.75) is 386 Å². The molecule has 0 aromatic heterocycles. The summed E-state index contributed by atoms with van der Waals surface area (Å²) in [6, 6.07) is 0. The van der Waals surface area contributed by atoms with E-state index in [-0.39, 0.29) is 32.2 Å². The maximum atomic E-state index is 13.0. The molecule has 580 valence electrons. The molecule has 1 N–H and O–H groups in total. The maximum Gasteiger partial charge on any atom is 0.361 e. The van der Waals surface area contributed by atoms with Gasteiger partial charge in [-0.25, -0.2) is 4.79 Å². The summed E-state index contributed by atoms with van der Waals surface area (Å²) < 4.78 is 23.1. The minimum absolute atomic E-state index is 0.182. The van der Waals surface area contributed by atoms with E-state index in [1.54, 1.807) is 0 Å². The molecule has 0 aliphatic heterocycles. The van der Waals surface area contributed by atoms with Gasteiger partial charge in [-0.05, 0) is 116 Å². The Bertz CT molecular complexity index is 2130. The predicted octanol–water partition coefficient (Wildman–Crippen LogP) is 27.6. The number of carbonyl (C=O) groups is 3. The molecule has 0 saturated heterocycles. The fourth-order valence-corrected chi connectivity index (χ4v) is 12.0. The third-order valence-electron chi connectivity index (χ3n) is 18.4. The molecular formula is C92H160NO8+. The second kappa shape index (κ2) is 81.1. The average Bonchev–Trinajstić information content (AvgIpc) is 1.21. The Hall–Kier alpha value is -4.57. The lowest BCUT2D eigenvalue weighted by Crippen LogP contribution is -2.40. The number of rotatable bonds is 78. The van der Waals surface area contributed by atoms with E-state index in [2.05, 4.69) is 148 Å². The van der Waals surface area contributed by atoms with Crippen LogP contribution in [0.1, 0.15) is 373 Å². The van der Waals surface area contributed by atoms with Gasteiger partial charge in [0.1, 0.15) is 13.2 Å². The molecule has 0 bridgehead atoms. The molecule has 0 radical (unpaired) electrons. The first kappa shape index (κ1) is 96.4. The van der Waals surface area contributed by atoms with Crippen molar-refractivity contribution in [3.63, 3.8) is 0 Å². The van der Waals surface area contributed by atoms with Crippen LogP contribution in [0.5, 0.6) is 0 Å². The smallest absolute Gasteiger partial charge is 0.361 e. The van der Waals surface area contributed by atoms with Gasteiger partial charge in [-0.15, -0.1) is 0 Å². The Labute approximate surface area is 624 Å². The normalized spacial score (nSPS) is 13.3. The summed E-state index contributed by atoms with van der Waals surface area (Å²) in [7, 11) is 5.98. The van der Waals surface area contributed by atoms with Gasteiger partial charge < -0.3 is 28.5 Å². The van der Waals surface area contributed by atoms with E-state index < -0.39 is 24.3 Å². The van der Waals surface area contributed by atoms with Gasteiger partial charge in [-0.3, -0.25) is 9.59 Å². The van der Waals surface area contributed by atoms with Crippen LogP contribution in [-0.2, 0) is 33.3 Å². The molecule has 0 fully saturated rings. The Kier molecular flexibility index (Phi) is 77.4. The summed E-state index contributed by atoms with van der Waals surface area (Å²) in [6.45, 7) is 4.79. The van der Waals surface area contributed by atoms with E-state index in [4.69, 9.17) is 18.9 Å². The highest BCUT2D eigenvalue weighted by Crippen LogP contribution is 2.19.